The number of hydrogen-bond acceptors (Lipinski definition) is 6. The zero-order valence-corrected chi connectivity index (χ0v) is 15.0. The number of carbonyl (C=O) groups excluding carboxylic acids is 1. The van der Waals surface area contributed by atoms with E-state index < -0.39 is 5.56 Å². The van der Waals surface area contributed by atoms with E-state index in [2.05, 4.69) is 15.0 Å². The van der Waals surface area contributed by atoms with Gasteiger partial charge in [-0.15, -0.1) is 0 Å². The van der Waals surface area contributed by atoms with Crippen molar-refractivity contribution in [3.63, 3.8) is 0 Å². The molecule has 26 heavy (non-hydrogen) atoms. The molecule has 8 heteroatoms. The second-order valence-corrected chi connectivity index (χ2v) is 6.94. The van der Waals surface area contributed by atoms with E-state index in [9.17, 15) is 9.59 Å². The van der Waals surface area contributed by atoms with E-state index in [1.807, 2.05) is 6.92 Å². The highest BCUT2D eigenvalue weighted by Gasteiger charge is 2.27. The predicted molar refractivity (Wildman–Crippen MR) is 95.5 cm³/mol. The molecule has 1 N–H and O–H groups in total. The molecule has 0 saturated carbocycles. The summed E-state index contributed by atoms with van der Waals surface area (Å²) >= 11 is 0. The van der Waals surface area contributed by atoms with E-state index in [1.165, 1.54) is 25.3 Å². The molecule has 0 aromatic carbocycles. The first-order valence-corrected chi connectivity index (χ1v) is 9.21. The van der Waals surface area contributed by atoms with Gasteiger partial charge in [0.05, 0.1) is 11.8 Å². The average molecular weight is 357 g/mol. The molecule has 0 atom stereocenters. The number of aryl methyl sites for hydroxylation is 1. The van der Waals surface area contributed by atoms with Crippen LogP contribution in [0.1, 0.15) is 46.9 Å². The monoisotopic (exact) mass is 357 g/mol. The summed E-state index contributed by atoms with van der Waals surface area (Å²) in [5, 5.41) is 2.17. The number of nitrogens with zero attached hydrogens (tertiary/aromatic N) is 4. The lowest BCUT2D eigenvalue weighted by Crippen LogP contribution is -2.33. The van der Waals surface area contributed by atoms with Crippen LogP contribution in [0.3, 0.4) is 0 Å². The van der Waals surface area contributed by atoms with Crippen LogP contribution in [0.4, 0.5) is 5.82 Å². The molecule has 0 radical (unpaired) electrons. The molecule has 0 bridgehead atoms. The fraction of sp³-hybridized carbons (Fsp3) is 0.556. The van der Waals surface area contributed by atoms with Gasteiger partial charge < -0.3 is 14.3 Å². The number of fused-ring (bicyclic) bond motifs is 1. The lowest BCUT2D eigenvalue weighted by Gasteiger charge is -2.30. The second-order valence-electron chi connectivity index (χ2n) is 6.94. The van der Waals surface area contributed by atoms with Gasteiger partial charge in [0.15, 0.2) is 0 Å². The van der Waals surface area contributed by atoms with Gasteiger partial charge in [-0.05, 0) is 32.6 Å². The number of amides is 1. The van der Waals surface area contributed by atoms with Crippen molar-refractivity contribution in [3.8, 4) is 0 Å². The molecule has 4 rings (SSSR count). The molecule has 2 aromatic heterocycles. The fourth-order valence-corrected chi connectivity index (χ4v) is 3.81. The van der Waals surface area contributed by atoms with Crippen LogP contribution in [-0.4, -0.2) is 52.1 Å². The topological polar surface area (TPSA) is 95.3 Å². The second kappa shape index (κ2) is 6.93. The molecular formula is C18H23N5O3. The highest BCUT2D eigenvalue weighted by Crippen LogP contribution is 2.27. The van der Waals surface area contributed by atoms with Crippen LogP contribution in [0, 0.1) is 6.92 Å². The van der Waals surface area contributed by atoms with Crippen molar-refractivity contribution in [2.24, 2.45) is 0 Å². The van der Waals surface area contributed by atoms with Crippen molar-refractivity contribution < 1.29 is 9.32 Å². The Morgan fingerprint density at radius 2 is 1.88 bits per heavy atom. The fourth-order valence-electron chi connectivity index (χ4n) is 3.81. The maximum Gasteiger partial charge on any atom is 0.292 e. The number of piperidine rings is 1. The van der Waals surface area contributed by atoms with Crippen LogP contribution in [-0.2, 0) is 12.8 Å². The largest absolute Gasteiger partial charge is 0.373 e. The Kier molecular flexibility index (Phi) is 4.48. The van der Waals surface area contributed by atoms with Crippen LogP contribution >= 0.6 is 0 Å². The number of hydrogen-bond donors (Lipinski definition) is 1. The minimum absolute atomic E-state index is 0.0551. The van der Waals surface area contributed by atoms with Crippen LogP contribution in [0.5, 0.6) is 0 Å². The molecule has 0 unspecified atom stereocenters. The van der Waals surface area contributed by atoms with Crippen LogP contribution in [0.2, 0.25) is 0 Å². The Balaban J connectivity index is 1.59. The summed E-state index contributed by atoms with van der Waals surface area (Å²) in [6.07, 6.45) is 5.04. The van der Waals surface area contributed by atoms with Gasteiger partial charge in [-0.1, -0.05) is 0 Å². The van der Waals surface area contributed by atoms with E-state index in [-0.39, 0.29) is 11.7 Å². The summed E-state index contributed by atoms with van der Waals surface area (Å²) < 4.78 is 4.97. The van der Waals surface area contributed by atoms with Gasteiger partial charge in [0.2, 0.25) is 5.76 Å². The van der Waals surface area contributed by atoms with Gasteiger partial charge in [0.1, 0.15) is 11.6 Å². The Morgan fingerprint density at radius 1 is 1.12 bits per heavy atom. The molecule has 2 aliphatic rings. The third-order valence-corrected chi connectivity index (χ3v) is 5.11. The van der Waals surface area contributed by atoms with E-state index >= 15 is 0 Å². The zero-order valence-electron chi connectivity index (χ0n) is 15.0. The number of anilines is 1. The van der Waals surface area contributed by atoms with E-state index in [4.69, 9.17) is 9.51 Å². The molecule has 1 fully saturated rings. The smallest absolute Gasteiger partial charge is 0.292 e. The normalized spacial score (nSPS) is 17.7. The van der Waals surface area contributed by atoms with Gasteiger partial charge in [-0.25, -0.2) is 9.97 Å². The minimum Gasteiger partial charge on any atom is -0.373 e. The third-order valence-electron chi connectivity index (χ3n) is 5.11. The summed E-state index contributed by atoms with van der Waals surface area (Å²) in [6.45, 7) is 5.10. The summed E-state index contributed by atoms with van der Waals surface area (Å²) in [6, 6.07) is 1.20. The van der Waals surface area contributed by atoms with Crippen molar-refractivity contribution in [1.82, 2.24) is 20.0 Å². The van der Waals surface area contributed by atoms with Crippen molar-refractivity contribution >= 4 is 11.7 Å². The Labute approximate surface area is 151 Å². The predicted octanol–water partition coefficient (Wildman–Crippen LogP) is 1.30. The SMILES string of the molecule is Cc1nc2c(c(N3CCCCC3)n1)CCN(C(=O)c1cc(=O)[nH]o1)CC2. The molecule has 0 aliphatic carbocycles. The molecule has 1 saturated heterocycles. The Hall–Kier alpha value is -2.64. The summed E-state index contributed by atoms with van der Waals surface area (Å²) in [5.41, 5.74) is 1.78. The van der Waals surface area contributed by atoms with Crippen LogP contribution in [0.25, 0.3) is 0 Å². The lowest BCUT2D eigenvalue weighted by molar-refractivity contribution is 0.0721. The summed E-state index contributed by atoms with van der Waals surface area (Å²) in [4.78, 5) is 37.3. The maximum atomic E-state index is 12.6. The number of nitrogens with one attached hydrogen (secondary N) is 1. The van der Waals surface area contributed by atoms with Gasteiger partial charge in [0, 0.05) is 38.2 Å². The third kappa shape index (κ3) is 3.23. The Bertz CT molecular complexity index is 866. The van der Waals surface area contributed by atoms with E-state index in [0.29, 0.717) is 25.9 Å². The molecule has 0 spiro atoms. The summed E-state index contributed by atoms with van der Waals surface area (Å²) in [7, 11) is 0. The maximum absolute atomic E-state index is 12.6. The van der Waals surface area contributed by atoms with Crippen molar-refractivity contribution in [3.05, 3.63) is 39.3 Å². The minimum atomic E-state index is -0.402. The van der Waals surface area contributed by atoms with Gasteiger partial charge >= 0.3 is 0 Å². The first-order valence-electron chi connectivity index (χ1n) is 9.21. The van der Waals surface area contributed by atoms with Crippen molar-refractivity contribution in [1.29, 1.82) is 0 Å². The number of rotatable bonds is 2. The number of carbonyl (C=O) groups is 1. The number of aromatic nitrogens is 3. The lowest BCUT2D eigenvalue weighted by atomic mass is 10.1. The number of aromatic amines is 1. The van der Waals surface area contributed by atoms with Crippen LogP contribution in [0.15, 0.2) is 15.4 Å². The number of H-pyrrole nitrogens is 1. The molecule has 2 aromatic rings. The van der Waals surface area contributed by atoms with Crippen molar-refractivity contribution in [2.75, 3.05) is 31.1 Å². The van der Waals surface area contributed by atoms with E-state index in [1.54, 1.807) is 4.90 Å². The first kappa shape index (κ1) is 16.8. The molecule has 138 valence electrons. The van der Waals surface area contributed by atoms with Gasteiger partial charge in [0.25, 0.3) is 11.5 Å². The zero-order chi connectivity index (χ0) is 18.1. The quantitative estimate of drug-likeness (QED) is 0.870. The standard InChI is InChI=1S/C18H23N5O3/c1-12-19-14-6-10-23(18(25)15-11-16(24)21-26-15)9-5-13(14)17(20-12)22-7-3-2-4-8-22/h11H,2-10H2,1H3,(H,21,24). The molecule has 1 amide bonds. The molecule has 4 heterocycles. The molecule has 8 nitrogen and oxygen atoms in total. The Morgan fingerprint density at radius 3 is 2.62 bits per heavy atom. The van der Waals surface area contributed by atoms with Crippen LogP contribution < -0.4 is 10.5 Å². The molecular weight excluding hydrogens is 334 g/mol. The average Bonchev–Trinajstić information content (AvgIpc) is 2.97. The first-order chi connectivity index (χ1) is 12.6. The van der Waals surface area contributed by atoms with E-state index in [0.717, 1.165) is 36.0 Å². The highest BCUT2D eigenvalue weighted by atomic mass is 16.5. The highest BCUT2D eigenvalue weighted by molar-refractivity contribution is 5.91. The summed E-state index contributed by atoms with van der Waals surface area (Å²) in [5.74, 6) is 1.61. The van der Waals surface area contributed by atoms with Gasteiger partial charge in [-0.2, -0.15) is 5.16 Å². The van der Waals surface area contributed by atoms with Crippen molar-refractivity contribution in [2.45, 2.75) is 39.0 Å². The molecule has 2 aliphatic heterocycles. The van der Waals surface area contributed by atoms with Gasteiger partial charge in [-0.3, -0.25) is 9.59 Å².